The average Bonchev–Trinajstić information content (AvgIpc) is 2.91. The maximum Gasteiger partial charge on any atom is 0.273 e. The largest absolute Gasteiger partial charge is 0.310 e. The number of amides is 1. The lowest BCUT2D eigenvalue weighted by molar-refractivity contribution is -0.385. The van der Waals surface area contributed by atoms with Crippen molar-refractivity contribution in [2.75, 3.05) is 5.32 Å². The molecule has 0 saturated heterocycles. The second-order valence-electron chi connectivity index (χ2n) is 5.33. The van der Waals surface area contributed by atoms with Gasteiger partial charge in [-0.05, 0) is 32.0 Å². The molecular weight excluding hydrogens is 308 g/mol. The highest BCUT2D eigenvalue weighted by atomic mass is 16.6. The summed E-state index contributed by atoms with van der Waals surface area (Å²) in [6, 6.07) is 12.0. The van der Waals surface area contributed by atoms with E-state index in [1.807, 2.05) is 35.8 Å². The minimum atomic E-state index is -0.493. The van der Waals surface area contributed by atoms with Crippen molar-refractivity contribution < 1.29 is 9.72 Å². The van der Waals surface area contributed by atoms with Gasteiger partial charge in [-0.2, -0.15) is 0 Å². The van der Waals surface area contributed by atoms with Gasteiger partial charge in [0, 0.05) is 23.7 Å². The molecule has 1 amide bonds. The number of aryl methyl sites for hydroxylation is 1. The number of hydrogen-bond acceptors (Lipinski definition) is 4. The zero-order valence-corrected chi connectivity index (χ0v) is 13.3. The minimum absolute atomic E-state index is 0.0772. The molecular formula is C17H16N4O3. The van der Waals surface area contributed by atoms with Gasteiger partial charge in [0.1, 0.15) is 0 Å². The van der Waals surface area contributed by atoms with Crippen LogP contribution in [0.25, 0.3) is 11.0 Å². The number of hydrogen-bond donors (Lipinski definition) is 1. The van der Waals surface area contributed by atoms with E-state index in [-0.39, 0.29) is 11.3 Å². The minimum Gasteiger partial charge on any atom is -0.310 e. The Morgan fingerprint density at radius 1 is 1.25 bits per heavy atom. The lowest BCUT2D eigenvalue weighted by Gasteiger charge is -2.09. The van der Waals surface area contributed by atoms with Gasteiger partial charge in [0.05, 0.1) is 16.0 Å². The summed E-state index contributed by atoms with van der Waals surface area (Å²) in [5.41, 5.74) is 2.22. The first-order chi connectivity index (χ1) is 11.5. The molecule has 122 valence electrons. The number of nitro benzene ring substituents is 1. The van der Waals surface area contributed by atoms with Crippen molar-refractivity contribution in [3.05, 3.63) is 63.7 Å². The molecule has 0 bridgehead atoms. The first-order valence-electron chi connectivity index (χ1n) is 7.53. The molecule has 0 saturated carbocycles. The number of carbonyl (C=O) groups is 1. The quantitative estimate of drug-likeness (QED) is 0.587. The number of nitro groups is 1. The molecule has 0 fully saturated rings. The van der Waals surface area contributed by atoms with Gasteiger partial charge in [-0.15, -0.1) is 0 Å². The molecule has 0 atom stereocenters. The van der Waals surface area contributed by atoms with E-state index < -0.39 is 10.8 Å². The molecule has 7 nitrogen and oxygen atoms in total. The maximum absolute atomic E-state index is 12.6. The van der Waals surface area contributed by atoms with Crippen LogP contribution in [0.2, 0.25) is 0 Å². The Kier molecular flexibility index (Phi) is 3.99. The van der Waals surface area contributed by atoms with E-state index in [9.17, 15) is 14.9 Å². The predicted octanol–water partition coefficient (Wildman–Crippen LogP) is 3.53. The summed E-state index contributed by atoms with van der Waals surface area (Å²) >= 11 is 0. The highest BCUT2D eigenvalue weighted by Crippen LogP contribution is 2.23. The van der Waals surface area contributed by atoms with Crippen molar-refractivity contribution in [1.29, 1.82) is 0 Å². The van der Waals surface area contributed by atoms with Crippen molar-refractivity contribution >= 4 is 28.6 Å². The number of carbonyl (C=O) groups excluding carboxylic acids is 1. The normalized spacial score (nSPS) is 10.8. The first kappa shape index (κ1) is 15.7. The van der Waals surface area contributed by atoms with Crippen molar-refractivity contribution in [1.82, 2.24) is 9.55 Å². The maximum atomic E-state index is 12.6. The molecule has 3 aromatic rings. The second kappa shape index (κ2) is 6.11. The Hall–Kier alpha value is -3.22. The zero-order valence-electron chi connectivity index (χ0n) is 13.3. The Bertz CT molecular complexity index is 946. The standard InChI is InChI=1S/C17H16N4O3/c1-3-20-15-9-5-4-8-13(15)18-17(20)19-16(22)12-7-6-10-14(11(12)2)21(23)24/h4-10H,3H2,1-2H3,(H,18,19,22). The van der Waals surface area contributed by atoms with Crippen LogP contribution in [0, 0.1) is 17.0 Å². The van der Waals surface area contributed by atoms with Gasteiger partial charge in [-0.25, -0.2) is 4.98 Å². The van der Waals surface area contributed by atoms with Crippen molar-refractivity contribution in [2.24, 2.45) is 0 Å². The lowest BCUT2D eigenvalue weighted by atomic mass is 10.1. The third kappa shape index (κ3) is 2.60. The summed E-state index contributed by atoms with van der Waals surface area (Å²) in [5.74, 6) is 0.0100. The van der Waals surface area contributed by atoms with Gasteiger partial charge in [-0.1, -0.05) is 18.2 Å². The van der Waals surface area contributed by atoms with Crippen LogP contribution in [0.5, 0.6) is 0 Å². The van der Waals surface area contributed by atoms with Crippen LogP contribution in [-0.2, 0) is 6.54 Å². The van der Waals surface area contributed by atoms with Gasteiger partial charge in [0.25, 0.3) is 11.6 Å². The van der Waals surface area contributed by atoms with Gasteiger partial charge in [0.15, 0.2) is 0 Å². The number of imidazole rings is 1. The average molecular weight is 324 g/mol. The van der Waals surface area contributed by atoms with Crippen LogP contribution < -0.4 is 5.32 Å². The highest BCUT2D eigenvalue weighted by molar-refractivity contribution is 6.05. The van der Waals surface area contributed by atoms with Crippen molar-refractivity contribution in [2.45, 2.75) is 20.4 Å². The van der Waals surface area contributed by atoms with E-state index in [1.165, 1.54) is 12.1 Å². The number of anilines is 1. The SMILES string of the molecule is CCn1c(NC(=O)c2cccc([N+](=O)[O-])c2C)nc2ccccc21. The number of aromatic nitrogens is 2. The Labute approximate surface area is 138 Å². The molecule has 0 radical (unpaired) electrons. The monoisotopic (exact) mass is 324 g/mol. The number of fused-ring (bicyclic) bond motifs is 1. The molecule has 0 unspecified atom stereocenters. The van der Waals surface area contributed by atoms with Crippen LogP contribution in [-0.4, -0.2) is 20.4 Å². The van der Waals surface area contributed by atoms with E-state index in [0.717, 1.165) is 11.0 Å². The molecule has 0 spiro atoms. The molecule has 7 heteroatoms. The van der Waals surface area contributed by atoms with Gasteiger partial charge >= 0.3 is 0 Å². The number of para-hydroxylation sites is 2. The van der Waals surface area contributed by atoms with E-state index in [4.69, 9.17) is 0 Å². The van der Waals surface area contributed by atoms with E-state index >= 15 is 0 Å². The van der Waals surface area contributed by atoms with Crippen LogP contribution in [0.3, 0.4) is 0 Å². The summed E-state index contributed by atoms with van der Waals surface area (Å²) in [7, 11) is 0. The van der Waals surface area contributed by atoms with Crippen LogP contribution >= 0.6 is 0 Å². The molecule has 0 aliphatic heterocycles. The molecule has 24 heavy (non-hydrogen) atoms. The lowest BCUT2D eigenvalue weighted by Crippen LogP contribution is -2.17. The summed E-state index contributed by atoms with van der Waals surface area (Å²) in [5, 5.41) is 13.8. The van der Waals surface area contributed by atoms with Gasteiger partial charge < -0.3 is 4.57 Å². The van der Waals surface area contributed by atoms with Crippen LogP contribution in [0.4, 0.5) is 11.6 Å². The second-order valence-corrected chi connectivity index (χ2v) is 5.33. The number of nitrogens with one attached hydrogen (secondary N) is 1. The molecule has 1 heterocycles. The fourth-order valence-electron chi connectivity index (χ4n) is 2.73. The summed E-state index contributed by atoms with van der Waals surface area (Å²) < 4.78 is 1.89. The van der Waals surface area contributed by atoms with E-state index in [0.29, 0.717) is 18.1 Å². The topological polar surface area (TPSA) is 90.1 Å². The predicted molar refractivity (Wildman–Crippen MR) is 91.2 cm³/mol. The summed E-state index contributed by atoms with van der Waals surface area (Å²) in [4.78, 5) is 27.5. The molecule has 1 aromatic heterocycles. The highest BCUT2D eigenvalue weighted by Gasteiger charge is 2.19. The van der Waals surface area contributed by atoms with Crippen molar-refractivity contribution in [3.63, 3.8) is 0 Å². The fraction of sp³-hybridized carbons (Fsp3) is 0.176. The molecule has 2 aromatic carbocycles. The van der Waals surface area contributed by atoms with E-state index in [2.05, 4.69) is 10.3 Å². The van der Waals surface area contributed by atoms with Crippen LogP contribution in [0.15, 0.2) is 42.5 Å². The molecule has 0 aliphatic rings. The van der Waals surface area contributed by atoms with Crippen LogP contribution in [0.1, 0.15) is 22.8 Å². The smallest absolute Gasteiger partial charge is 0.273 e. The fourth-order valence-corrected chi connectivity index (χ4v) is 2.73. The number of benzene rings is 2. The Morgan fingerprint density at radius 3 is 2.71 bits per heavy atom. The molecule has 0 aliphatic carbocycles. The molecule has 3 rings (SSSR count). The summed E-state index contributed by atoms with van der Waals surface area (Å²) in [6.45, 7) is 4.17. The van der Waals surface area contributed by atoms with Crippen molar-refractivity contribution in [3.8, 4) is 0 Å². The third-order valence-electron chi connectivity index (χ3n) is 3.94. The number of rotatable bonds is 4. The summed E-state index contributed by atoms with van der Waals surface area (Å²) in [6.07, 6.45) is 0. The zero-order chi connectivity index (χ0) is 17.3. The number of nitrogens with zero attached hydrogens (tertiary/aromatic N) is 3. The Morgan fingerprint density at radius 2 is 2.00 bits per heavy atom. The van der Waals surface area contributed by atoms with Gasteiger partial charge in [0.2, 0.25) is 5.95 Å². The molecule has 1 N–H and O–H groups in total. The van der Waals surface area contributed by atoms with E-state index in [1.54, 1.807) is 13.0 Å². The van der Waals surface area contributed by atoms with Gasteiger partial charge in [-0.3, -0.25) is 20.2 Å². The first-order valence-corrected chi connectivity index (χ1v) is 7.53. The Balaban J connectivity index is 1.99. The third-order valence-corrected chi connectivity index (χ3v) is 3.94.